The molecule has 1 aromatic carbocycles. The van der Waals surface area contributed by atoms with Crippen LogP contribution in [0.5, 0.6) is 5.75 Å². The third-order valence-electron chi connectivity index (χ3n) is 6.80. The van der Waals surface area contributed by atoms with Gasteiger partial charge in [0.05, 0.1) is 18.3 Å². The summed E-state index contributed by atoms with van der Waals surface area (Å²) in [5.41, 5.74) is 2.39. The number of aromatic nitrogens is 2. The highest BCUT2D eigenvalue weighted by Gasteiger charge is 2.46. The number of hydrogen-bond donors (Lipinski definition) is 1. The zero-order chi connectivity index (χ0) is 20.4. The summed E-state index contributed by atoms with van der Waals surface area (Å²) in [6, 6.07) is 9.97. The van der Waals surface area contributed by atoms with Gasteiger partial charge in [0.25, 0.3) is 5.91 Å². The van der Waals surface area contributed by atoms with E-state index in [9.17, 15) is 4.79 Å². The molecule has 1 aromatic heterocycles. The molecule has 2 aromatic rings. The minimum Gasteiger partial charge on any atom is -0.494 e. The van der Waals surface area contributed by atoms with Crippen LogP contribution in [-0.4, -0.2) is 64.2 Å². The van der Waals surface area contributed by atoms with Gasteiger partial charge in [-0.3, -0.25) is 14.8 Å². The highest BCUT2D eigenvalue weighted by atomic mass is 16.5. The second-order valence-corrected chi connectivity index (χ2v) is 8.52. The number of amides is 1. The van der Waals surface area contributed by atoms with Gasteiger partial charge in [-0.15, -0.1) is 0 Å². The Morgan fingerprint density at radius 1 is 1.24 bits per heavy atom. The summed E-state index contributed by atoms with van der Waals surface area (Å²) in [7, 11) is 2.21. The molecule has 156 valence electrons. The molecule has 0 saturated carbocycles. The number of benzene rings is 1. The van der Waals surface area contributed by atoms with Crippen LogP contribution in [0.15, 0.2) is 30.3 Å². The number of ether oxygens (including phenoxy) is 1. The van der Waals surface area contributed by atoms with Crippen LogP contribution in [0.1, 0.15) is 56.4 Å². The van der Waals surface area contributed by atoms with Gasteiger partial charge in [0, 0.05) is 17.6 Å². The lowest BCUT2D eigenvalue weighted by Crippen LogP contribution is -2.63. The van der Waals surface area contributed by atoms with E-state index in [4.69, 9.17) is 4.74 Å². The van der Waals surface area contributed by atoms with Crippen molar-refractivity contribution in [3.05, 3.63) is 36.0 Å². The number of nitrogens with one attached hydrogen (secondary N) is 1. The molecule has 6 heteroatoms. The van der Waals surface area contributed by atoms with Crippen LogP contribution in [0.2, 0.25) is 0 Å². The fraction of sp³-hybridized carbons (Fsp3) is 0.565. The Morgan fingerprint density at radius 3 is 2.79 bits per heavy atom. The van der Waals surface area contributed by atoms with Gasteiger partial charge in [-0.1, -0.05) is 6.42 Å². The summed E-state index contributed by atoms with van der Waals surface area (Å²) in [5, 5.41) is 7.40. The van der Waals surface area contributed by atoms with Gasteiger partial charge in [0.15, 0.2) is 0 Å². The Kier molecular flexibility index (Phi) is 5.63. The average molecular weight is 397 g/mol. The van der Waals surface area contributed by atoms with Crippen molar-refractivity contribution in [2.24, 2.45) is 0 Å². The predicted octanol–water partition coefficient (Wildman–Crippen LogP) is 3.95. The Morgan fingerprint density at radius 2 is 2.03 bits per heavy atom. The van der Waals surface area contributed by atoms with Gasteiger partial charge < -0.3 is 9.64 Å². The summed E-state index contributed by atoms with van der Waals surface area (Å²) < 4.78 is 5.51. The number of H-pyrrole nitrogens is 1. The molecule has 2 atom stereocenters. The molecule has 0 spiro atoms. The highest BCUT2D eigenvalue weighted by Crippen LogP contribution is 2.38. The zero-order valence-corrected chi connectivity index (χ0v) is 17.8. The molecule has 4 rings (SSSR count). The minimum atomic E-state index is 0.0579. The van der Waals surface area contributed by atoms with Gasteiger partial charge in [0.1, 0.15) is 11.4 Å². The predicted molar refractivity (Wildman–Crippen MR) is 114 cm³/mol. The van der Waals surface area contributed by atoms with Crippen molar-refractivity contribution in [3.63, 3.8) is 0 Å². The fourth-order valence-electron chi connectivity index (χ4n) is 4.99. The lowest BCUT2D eigenvalue weighted by Gasteiger charge is -2.51. The van der Waals surface area contributed by atoms with Crippen LogP contribution in [0.4, 0.5) is 0 Å². The van der Waals surface area contributed by atoms with Crippen LogP contribution in [0.25, 0.3) is 11.3 Å². The van der Waals surface area contributed by atoms with Gasteiger partial charge in [-0.2, -0.15) is 5.10 Å². The maximum atomic E-state index is 13.4. The first-order valence-electron chi connectivity index (χ1n) is 10.8. The number of fused-ring (bicyclic) bond motifs is 1. The number of aromatic amines is 1. The molecule has 6 nitrogen and oxygen atoms in total. The minimum absolute atomic E-state index is 0.0579. The van der Waals surface area contributed by atoms with E-state index in [0.717, 1.165) is 49.4 Å². The molecule has 29 heavy (non-hydrogen) atoms. The molecular formula is C23H32N4O2. The Hall–Kier alpha value is -2.34. The highest BCUT2D eigenvalue weighted by molar-refractivity contribution is 5.93. The fourth-order valence-corrected chi connectivity index (χ4v) is 4.99. The van der Waals surface area contributed by atoms with E-state index in [1.165, 1.54) is 12.8 Å². The molecule has 2 aliphatic heterocycles. The molecule has 0 bridgehead atoms. The van der Waals surface area contributed by atoms with Crippen molar-refractivity contribution in [3.8, 4) is 17.0 Å². The Balaban J connectivity index is 1.55. The van der Waals surface area contributed by atoms with Gasteiger partial charge >= 0.3 is 0 Å². The van der Waals surface area contributed by atoms with E-state index in [2.05, 4.69) is 34.0 Å². The Bertz CT molecular complexity index is 847. The molecular weight excluding hydrogens is 364 g/mol. The number of likely N-dealkylation sites (N-methyl/N-ethyl adjacent to an activating group) is 1. The monoisotopic (exact) mass is 396 g/mol. The van der Waals surface area contributed by atoms with Crippen molar-refractivity contribution in [2.75, 3.05) is 26.7 Å². The number of rotatable bonds is 4. The first kappa shape index (κ1) is 20.0. The van der Waals surface area contributed by atoms with Crippen LogP contribution in [-0.2, 0) is 0 Å². The quantitative estimate of drug-likeness (QED) is 0.850. The third-order valence-corrected chi connectivity index (χ3v) is 6.80. The third kappa shape index (κ3) is 3.78. The summed E-state index contributed by atoms with van der Waals surface area (Å²) in [6.45, 7) is 6.88. The van der Waals surface area contributed by atoms with Crippen LogP contribution >= 0.6 is 0 Å². The molecule has 0 radical (unpaired) electrons. The summed E-state index contributed by atoms with van der Waals surface area (Å²) in [6.07, 6.45) is 5.65. The summed E-state index contributed by atoms with van der Waals surface area (Å²) >= 11 is 0. The largest absolute Gasteiger partial charge is 0.494 e. The van der Waals surface area contributed by atoms with Crippen molar-refractivity contribution >= 4 is 5.91 Å². The standard InChI is InChI=1S/C23H32N4O2/c1-4-29-18-11-9-17(10-12-18)19-16-20(25-24-19)22(28)27-15-7-13-23(2)21(27)8-5-6-14-26(23)3/h9-12,16,21H,4-8,13-15H2,1-3H3,(H,24,25)/t21-,23-/m0/s1. The van der Waals surface area contributed by atoms with Crippen molar-refractivity contribution in [1.82, 2.24) is 20.0 Å². The lowest BCUT2D eigenvalue weighted by molar-refractivity contribution is -0.00366. The molecule has 1 N–H and O–H groups in total. The summed E-state index contributed by atoms with van der Waals surface area (Å²) in [4.78, 5) is 18.0. The maximum absolute atomic E-state index is 13.4. The number of carbonyl (C=O) groups excluding carboxylic acids is 1. The SMILES string of the molecule is CCOc1ccc(-c2cc(C(=O)N3CCC[C@@]4(C)[C@@H]3CCCCN4C)[nH]n2)cc1. The van der Waals surface area contributed by atoms with Crippen molar-refractivity contribution in [1.29, 1.82) is 0 Å². The maximum Gasteiger partial charge on any atom is 0.272 e. The van der Waals surface area contributed by atoms with E-state index in [-0.39, 0.29) is 17.5 Å². The van der Waals surface area contributed by atoms with E-state index >= 15 is 0 Å². The van der Waals surface area contributed by atoms with E-state index < -0.39 is 0 Å². The number of piperidine rings is 1. The molecule has 0 unspecified atom stereocenters. The van der Waals surface area contributed by atoms with E-state index in [1.807, 2.05) is 37.3 Å². The zero-order valence-electron chi connectivity index (χ0n) is 17.8. The van der Waals surface area contributed by atoms with E-state index in [0.29, 0.717) is 12.3 Å². The normalized spacial score (nSPS) is 25.3. The molecule has 0 aliphatic carbocycles. The molecule has 2 aliphatic rings. The average Bonchev–Trinajstić information content (AvgIpc) is 3.16. The topological polar surface area (TPSA) is 61.5 Å². The van der Waals surface area contributed by atoms with Gasteiger partial charge in [-0.05, 0) is 83.5 Å². The van der Waals surface area contributed by atoms with Gasteiger partial charge in [-0.25, -0.2) is 0 Å². The second-order valence-electron chi connectivity index (χ2n) is 8.52. The van der Waals surface area contributed by atoms with Crippen LogP contribution in [0.3, 0.4) is 0 Å². The van der Waals surface area contributed by atoms with Crippen molar-refractivity contribution in [2.45, 2.75) is 57.5 Å². The first-order chi connectivity index (χ1) is 14.0. The van der Waals surface area contributed by atoms with E-state index in [1.54, 1.807) is 0 Å². The van der Waals surface area contributed by atoms with Crippen LogP contribution < -0.4 is 4.74 Å². The molecule has 1 amide bonds. The lowest BCUT2D eigenvalue weighted by atomic mass is 9.80. The second kappa shape index (κ2) is 8.19. The first-order valence-corrected chi connectivity index (χ1v) is 10.8. The number of hydrogen-bond acceptors (Lipinski definition) is 4. The summed E-state index contributed by atoms with van der Waals surface area (Å²) in [5.74, 6) is 0.911. The molecule has 3 heterocycles. The molecule has 2 saturated heterocycles. The van der Waals surface area contributed by atoms with Gasteiger partial charge in [0.2, 0.25) is 0 Å². The molecule has 2 fully saturated rings. The number of likely N-dealkylation sites (tertiary alicyclic amines) is 2. The van der Waals surface area contributed by atoms with Crippen LogP contribution in [0, 0.1) is 0 Å². The smallest absolute Gasteiger partial charge is 0.272 e. The number of carbonyl (C=O) groups is 1. The Labute approximate surface area is 173 Å². The van der Waals surface area contributed by atoms with Crippen molar-refractivity contribution < 1.29 is 9.53 Å². The number of nitrogens with zero attached hydrogens (tertiary/aromatic N) is 3.